The van der Waals surface area contributed by atoms with Crippen molar-refractivity contribution in [2.45, 2.75) is 39.8 Å². The second-order valence-electron chi connectivity index (χ2n) is 5.75. The number of benzene rings is 2. The molecule has 0 aliphatic heterocycles. The van der Waals surface area contributed by atoms with Crippen molar-refractivity contribution in [2.75, 3.05) is 0 Å². The molecule has 0 atom stereocenters. The van der Waals surface area contributed by atoms with E-state index < -0.39 is 11.7 Å². The van der Waals surface area contributed by atoms with E-state index in [1.165, 1.54) is 12.1 Å². The van der Waals surface area contributed by atoms with E-state index in [1.54, 1.807) is 6.07 Å². The van der Waals surface area contributed by atoms with Gasteiger partial charge in [0.25, 0.3) is 0 Å². The highest BCUT2D eigenvalue weighted by Crippen LogP contribution is 2.35. The molecule has 2 aromatic rings. The number of halogens is 3. The lowest BCUT2D eigenvalue weighted by Gasteiger charge is -2.16. The molecule has 2 rings (SSSR count). The third-order valence-electron chi connectivity index (χ3n) is 4.05. The van der Waals surface area contributed by atoms with E-state index >= 15 is 0 Å². The van der Waals surface area contributed by atoms with Crippen molar-refractivity contribution in [3.05, 3.63) is 70.8 Å². The van der Waals surface area contributed by atoms with Crippen LogP contribution >= 0.6 is 0 Å². The third-order valence-corrected chi connectivity index (χ3v) is 4.05. The van der Waals surface area contributed by atoms with Gasteiger partial charge in [-0.3, -0.25) is 0 Å². The maximum atomic E-state index is 13.0. The van der Waals surface area contributed by atoms with Gasteiger partial charge in [-0.1, -0.05) is 49.7 Å². The van der Waals surface area contributed by atoms with Gasteiger partial charge < -0.3 is 0 Å². The first-order valence-electron chi connectivity index (χ1n) is 7.78. The summed E-state index contributed by atoms with van der Waals surface area (Å²) in [6.07, 6.45) is -2.53. The highest BCUT2D eigenvalue weighted by molar-refractivity contribution is 5.90. The number of aryl methyl sites for hydroxylation is 1. The van der Waals surface area contributed by atoms with Crippen LogP contribution in [0.25, 0.3) is 11.1 Å². The Morgan fingerprint density at radius 3 is 2.30 bits per heavy atom. The van der Waals surface area contributed by atoms with Crippen LogP contribution in [0.3, 0.4) is 0 Å². The van der Waals surface area contributed by atoms with Crippen molar-refractivity contribution in [3.63, 3.8) is 0 Å². The summed E-state index contributed by atoms with van der Waals surface area (Å²) in [5.74, 6) is 0. The van der Waals surface area contributed by atoms with Crippen LogP contribution in [0.5, 0.6) is 0 Å². The van der Waals surface area contributed by atoms with Crippen LogP contribution in [0.15, 0.2) is 48.5 Å². The molecule has 0 N–H and O–H groups in total. The number of allylic oxidation sites excluding steroid dienone is 2. The first-order chi connectivity index (χ1) is 10.8. The average molecular weight is 318 g/mol. The molecular formula is C20H21F3. The molecule has 2 aromatic carbocycles. The Labute approximate surface area is 135 Å². The molecule has 0 saturated heterocycles. The molecule has 0 unspecified atom stereocenters. The molecule has 0 fully saturated rings. The Balaban J connectivity index is 2.58. The van der Waals surface area contributed by atoms with Crippen molar-refractivity contribution >= 4 is 11.1 Å². The summed E-state index contributed by atoms with van der Waals surface area (Å²) in [5, 5.41) is 0. The Kier molecular flexibility index (Phi) is 5.30. The van der Waals surface area contributed by atoms with Crippen LogP contribution in [0.4, 0.5) is 13.2 Å². The summed E-state index contributed by atoms with van der Waals surface area (Å²) >= 11 is 0. The summed E-state index contributed by atoms with van der Waals surface area (Å²) in [7, 11) is 0. The van der Waals surface area contributed by atoms with Crippen LogP contribution in [-0.4, -0.2) is 0 Å². The van der Waals surface area contributed by atoms with Crippen molar-refractivity contribution in [3.8, 4) is 0 Å². The molecule has 0 radical (unpaired) electrons. The van der Waals surface area contributed by atoms with Gasteiger partial charge in [-0.2, -0.15) is 13.2 Å². The fourth-order valence-corrected chi connectivity index (χ4v) is 2.79. The second-order valence-corrected chi connectivity index (χ2v) is 5.75. The summed E-state index contributed by atoms with van der Waals surface area (Å²) in [4.78, 5) is 0. The summed E-state index contributed by atoms with van der Waals surface area (Å²) in [6.45, 7) is 6.02. The summed E-state index contributed by atoms with van der Waals surface area (Å²) in [5.41, 5.74) is 4.31. The van der Waals surface area contributed by atoms with Crippen molar-refractivity contribution < 1.29 is 13.2 Å². The first kappa shape index (κ1) is 17.3. The van der Waals surface area contributed by atoms with Gasteiger partial charge in [0.05, 0.1) is 5.56 Å². The highest BCUT2D eigenvalue weighted by Gasteiger charge is 2.30. The van der Waals surface area contributed by atoms with E-state index in [1.807, 2.05) is 38.1 Å². The van der Waals surface area contributed by atoms with Crippen molar-refractivity contribution in [2.24, 2.45) is 0 Å². The Morgan fingerprint density at radius 1 is 1.00 bits per heavy atom. The van der Waals surface area contributed by atoms with E-state index in [-0.39, 0.29) is 0 Å². The second kappa shape index (κ2) is 7.03. The third kappa shape index (κ3) is 4.04. The SMILES string of the molecule is CCC/C(=C(/C)c1cccc(C(F)(F)F)c1)c1ccccc1C. The van der Waals surface area contributed by atoms with Gasteiger partial charge in [0.2, 0.25) is 0 Å². The van der Waals surface area contributed by atoms with Crippen LogP contribution in [0, 0.1) is 6.92 Å². The standard InChI is InChI=1S/C20H21F3/c1-4-8-19(18-12-6-5-9-14(18)2)15(3)16-10-7-11-17(13-16)20(21,22)23/h5-7,9-13H,4,8H2,1-3H3/b19-15+. The zero-order chi connectivity index (χ0) is 17.0. The number of hydrogen-bond donors (Lipinski definition) is 0. The van der Waals surface area contributed by atoms with Gasteiger partial charge in [0.15, 0.2) is 0 Å². The minimum Gasteiger partial charge on any atom is -0.166 e. The monoisotopic (exact) mass is 318 g/mol. The van der Waals surface area contributed by atoms with E-state index in [0.717, 1.165) is 41.2 Å². The summed E-state index contributed by atoms with van der Waals surface area (Å²) < 4.78 is 38.9. The molecule has 0 bridgehead atoms. The van der Waals surface area contributed by atoms with Crippen molar-refractivity contribution in [1.29, 1.82) is 0 Å². The Hall–Kier alpha value is -2.03. The number of alkyl halides is 3. The van der Waals surface area contributed by atoms with E-state index in [9.17, 15) is 13.2 Å². The molecule has 0 saturated carbocycles. The summed E-state index contributed by atoms with van der Waals surface area (Å²) in [6, 6.07) is 13.6. The topological polar surface area (TPSA) is 0 Å². The lowest BCUT2D eigenvalue weighted by Crippen LogP contribution is -2.05. The number of hydrogen-bond acceptors (Lipinski definition) is 0. The normalized spacial score (nSPS) is 13.0. The molecular weight excluding hydrogens is 297 g/mol. The molecule has 0 aromatic heterocycles. The van der Waals surface area contributed by atoms with E-state index in [4.69, 9.17) is 0 Å². The van der Waals surface area contributed by atoms with E-state index in [0.29, 0.717) is 5.56 Å². The molecule has 3 heteroatoms. The zero-order valence-corrected chi connectivity index (χ0v) is 13.7. The van der Waals surface area contributed by atoms with Gasteiger partial charge >= 0.3 is 6.18 Å². The van der Waals surface area contributed by atoms with Crippen molar-refractivity contribution in [1.82, 2.24) is 0 Å². The number of rotatable bonds is 4. The van der Waals surface area contributed by atoms with Gasteiger partial charge in [0.1, 0.15) is 0 Å². The molecule has 0 aliphatic rings. The highest BCUT2D eigenvalue weighted by atomic mass is 19.4. The molecule has 23 heavy (non-hydrogen) atoms. The quantitative estimate of drug-likeness (QED) is 0.547. The molecule has 0 heterocycles. The largest absolute Gasteiger partial charge is 0.416 e. The van der Waals surface area contributed by atoms with E-state index in [2.05, 4.69) is 6.92 Å². The fourth-order valence-electron chi connectivity index (χ4n) is 2.79. The predicted molar refractivity (Wildman–Crippen MR) is 90.0 cm³/mol. The van der Waals surface area contributed by atoms with Gasteiger partial charge in [-0.05, 0) is 60.2 Å². The van der Waals surface area contributed by atoms with Crippen LogP contribution in [0.2, 0.25) is 0 Å². The predicted octanol–water partition coefficient (Wildman–Crippen LogP) is 6.74. The Morgan fingerprint density at radius 2 is 1.70 bits per heavy atom. The first-order valence-corrected chi connectivity index (χ1v) is 7.78. The van der Waals surface area contributed by atoms with Gasteiger partial charge in [-0.15, -0.1) is 0 Å². The van der Waals surface area contributed by atoms with Gasteiger partial charge in [-0.25, -0.2) is 0 Å². The minimum atomic E-state index is -4.32. The smallest absolute Gasteiger partial charge is 0.166 e. The van der Waals surface area contributed by atoms with Crippen LogP contribution < -0.4 is 0 Å². The molecule has 0 aliphatic carbocycles. The zero-order valence-electron chi connectivity index (χ0n) is 13.7. The maximum Gasteiger partial charge on any atom is 0.416 e. The Bertz CT molecular complexity index is 709. The fraction of sp³-hybridized carbons (Fsp3) is 0.300. The van der Waals surface area contributed by atoms with Crippen LogP contribution in [-0.2, 0) is 6.18 Å². The lowest BCUT2D eigenvalue weighted by molar-refractivity contribution is -0.137. The average Bonchev–Trinajstić information content (AvgIpc) is 2.52. The molecule has 0 amide bonds. The van der Waals surface area contributed by atoms with Gasteiger partial charge in [0, 0.05) is 0 Å². The minimum absolute atomic E-state index is 0.602. The molecule has 0 nitrogen and oxygen atoms in total. The molecule has 0 spiro atoms. The van der Waals surface area contributed by atoms with Crippen LogP contribution in [0.1, 0.15) is 48.9 Å². The lowest BCUT2D eigenvalue weighted by atomic mass is 9.90. The maximum absolute atomic E-state index is 13.0. The molecule has 122 valence electrons.